The van der Waals surface area contributed by atoms with Gasteiger partial charge in [-0.15, -0.1) is 0 Å². The molecule has 0 unspecified atom stereocenters. The molecule has 0 aliphatic carbocycles. The van der Waals surface area contributed by atoms with Gasteiger partial charge in [0.05, 0.1) is 4.52 Å². The third kappa shape index (κ3) is 3.56. The molecule has 0 saturated heterocycles. The monoisotopic (exact) mass is 218 g/mol. The van der Waals surface area contributed by atoms with Crippen LogP contribution < -0.4 is 5.73 Å². The summed E-state index contributed by atoms with van der Waals surface area (Å²) in [6, 6.07) is 0. The Kier molecular flexibility index (Phi) is 4.74. The Morgan fingerprint density at radius 3 is 2.57 bits per heavy atom. The third-order valence-electron chi connectivity index (χ3n) is 0.886. The number of hydrogen-bond acceptors (Lipinski definition) is 4. The van der Waals surface area contributed by atoms with Crippen molar-refractivity contribution in [2.45, 2.75) is 0 Å². The van der Waals surface area contributed by atoms with Crippen LogP contribution in [-0.4, -0.2) is 23.8 Å². The number of rotatable bonds is 2. The van der Waals surface area contributed by atoms with Crippen LogP contribution in [-0.2, 0) is 15.0 Å². The zero-order valence-electron chi connectivity index (χ0n) is 6.76. The number of azide groups is 1. The van der Waals surface area contributed by atoms with Gasteiger partial charge in [0.2, 0.25) is 6.41 Å². The molecular weight excluding hydrogens is 212 g/mol. The minimum atomic E-state index is -3.90. The van der Waals surface area contributed by atoms with E-state index in [1.807, 2.05) is 0 Å². The Bertz CT molecular complexity index is 416. The lowest BCUT2D eigenvalue weighted by molar-refractivity contribution is -0.106. The SMILES string of the molecule is NC=O.[N-]=[N+]=NS(=O)(=O)n1ccnc1. The lowest BCUT2D eigenvalue weighted by Crippen LogP contribution is -2.05. The van der Waals surface area contributed by atoms with E-state index in [9.17, 15) is 8.42 Å². The van der Waals surface area contributed by atoms with Gasteiger partial charge in [-0.3, -0.25) is 4.79 Å². The number of carbonyl (C=O) groups is 1. The summed E-state index contributed by atoms with van der Waals surface area (Å²) in [5, 5.41) is 0. The highest BCUT2D eigenvalue weighted by molar-refractivity contribution is 7.88. The topological polar surface area (TPSA) is 144 Å². The smallest absolute Gasteiger partial charge is 0.329 e. The van der Waals surface area contributed by atoms with Gasteiger partial charge in [-0.1, -0.05) is 0 Å². The van der Waals surface area contributed by atoms with Crippen LogP contribution in [0.2, 0.25) is 0 Å². The molecule has 0 aliphatic heterocycles. The summed E-state index contributed by atoms with van der Waals surface area (Å²) in [5.41, 5.74) is 12.0. The molecule has 9 nitrogen and oxygen atoms in total. The number of amides is 1. The number of carbonyl (C=O) groups excluding carboxylic acids is 1. The fourth-order valence-electron chi connectivity index (χ4n) is 0.472. The van der Waals surface area contributed by atoms with Crippen LogP contribution in [0.1, 0.15) is 0 Å². The number of aromatic nitrogens is 2. The predicted molar refractivity (Wildman–Crippen MR) is 45.9 cm³/mol. The van der Waals surface area contributed by atoms with E-state index in [-0.39, 0.29) is 6.41 Å². The molecule has 14 heavy (non-hydrogen) atoms. The molecule has 10 heteroatoms. The first-order chi connectivity index (χ1) is 6.58. The van der Waals surface area contributed by atoms with Crippen LogP contribution in [0, 0.1) is 0 Å². The van der Waals surface area contributed by atoms with E-state index >= 15 is 0 Å². The summed E-state index contributed by atoms with van der Waals surface area (Å²) < 4.78 is 24.9. The maximum atomic E-state index is 10.8. The van der Waals surface area contributed by atoms with Crippen LogP contribution >= 0.6 is 0 Å². The van der Waals surface area contributed by atoms with Gasteiger partial charge in [0.25, 0.3) is 0 Å². The lowest BCUT2D eigenvalue weighted by Gasteiger charge is -1.92. The van der Waals surface area contributed by atoms with Crippen molar-refractivity contribution in [3.63, 3.8) is 0 Å². The second kappa shape index (κ2) is 5.56. The van der Waals surface area contributed by atoms with Gasteiger partial charge in [-0.25, -0.2) is 8.96 Å². The van der Waals surface area contributed by atoms with E-state index in [1.165, 1.54) is 12.4 Å². The second-order valence-electron chi connectivity index (χ2n) is 1.68. The van der Waals surface area contributed by atoms with Crippen molar-refractivity contribution in [2.75, 3.05) is 0 Å². The maximum Gasteiger partial charge on any atom is 0.329 e. The average Bonchev–Trinajstić information content (AvgIpc) is 2.57. The molecule has 0 aromatic carbocycles. The van der Waals surface area contributed by atoms with E-state index in [2.05, 4.69) is 20.1 Å². The third-order valence-corrected chi connectivity index (χ3v) is 1.91. The van der Waals surface area contributed by atoms with Crippen molar-refractivity contribution in [3.8, 4) is 0 Å². The summed E-state index contributed by atoms with van der Waals surface area (Å²) in [6.07, 6.45) is 3.72. The van der Waals surface area contributed by atoms with Crippen LogP contribution in [0.25, 0.3) is 10.4 Å². The Balaban J connectivity index is 0.000000500. The number of nitrogens with two attached hydrogens (primary N) is 1. The Morgan fingerprint density at radius 1 is 1.64 bits per heavy atom. The fourth-order valence-corrected chi connectivity index (χ4v) is 1.03. The summed E-state index contributed by atoms with van der Waals surface area (Å²) in [5.74, 6) is 0. The van der Waals surface area contributed by atoms with Gasteiger partial charge in [0.15, 0.2) is 0 Å². The van der Waals surface area contributed by atoms with Gasteiger partial charge in [0.1, 0.15) is 6.33 Å². The molecule has 0 spiro atoms. The molecule has 0 radical (unpaired) electrons. The second-order valence-corrected chi connectivity index (χ2v) is 3.16. The molecule has 0 aliphatic rings. The molecule has 1 heterocycles. The van der Waals surface area contributed by atoms with Crippen molar-refractivity contribution in [1.82, 2.24) is 8.96 Å². The zero-order valence-corrected chi connectivity index (χ0v) is 7.57. The minimum absolute atomic E-state index is 0.250. The predicted octanol–water partition coefficient (Wildman–Crippen LogP) is -0.612. The highest BCUT2D eigenvalue weighted by atomic mass is 32.2. The quantitative estimate of drug-likeness (QED) is 0.305. The van der Waals surface area contributed by atoms with Crippen LogP contribution in [0.4, 0.5) is 0 Å². The molecule has 1 amide bonds. The Morgan fingerprint density at radius 2 is 2.21 bits per heavy atom. The number of primary amides is 1. The summed E-state index contributed by atoms with van der Waals surface area (Å²) >= 11 is 0. The van der Waals surface area contributed by atoms with Gasteiger partial charge in [-0.2, -0.15) is 8.42 Å². The van der Waals surface area contributed by atoms with Crippen molar-refractivity contribution >= 4 is 16.6 Å². The molecule has 0 saturated carbocycles. The molecule has 2 N–H and O–H groups in total. The summed E-state index contributed by atoms with van der Waals surface area (Å²) in [4.78, 5) is 14.2. The van der Waals surface area contributed by atoms with Crippen molar-refractivity contribution < 1.29 is 13.2 Å². The van der Waals surface area contributed by atoms with E-state index in [4.69, 9.17) is 10.3 Å². The van der Waals surface area contributed by atoms with E-state index in [0.717, 1.165) is 6.33 Å². The maximum absolute atomic E-state index is 10.8. The molecule has 1 aromatic heterocycles. The van der Waals surface area contributed by atoms with Gasteiger partial charge >= 0.3 is 10.2 Å². The number of nitrogens with zero attached hydrogens (tertiary/aromatic N) is 5. The standard InChI is InChI=1S/C3H3N5O2S.CH3NO/c4-6-7-11(9,10)8-2-1-5-3-8;2-1-3/h1-3H;1H,(H2,2,3). The van der Waals surface area contributed by atoms with Gasteiger partial charge < -0.3 is 5.73 Å². The van der Waals surface area contributed by atoms with E-state index in [0.29, 0.717) is 3.97 Å². The van der Waals surface area contributed by atoms with E-state index in [1.54, 1.807) is 0 Å². The fraction of sp³-hybridized carbons (Fsp3) is 0. The Hall–Kier alpha value is -2.06. The summed E-state index contributed by atoms with van der Waals surface area (Å²) in [7, 11) is -3.90. The first kappa shape index (κ1) is 11.9. The highest BCUT2D eigenvalue weighted by Gasteiger charge is 2.07. The molecule has 0 atom stereocenters. The number of hydrogen-bond donors (Lipinski definition) is 1. The molecular formula is C4H6N6O3S. The van der Waals surface area contributed by atoms with Crippen LogP contribution in [0.5, 0.6) is 0 Å². The highest BCUT2D eigenvalue weighted by Crippen LogP contribution is 1.97. The molecule has 1 rings (SSSR count). The molecule has 76 valence electrons. The van der Waals surface area contributed by atoms with Gasteiger partial charge in [0, 0.05) is 17.3 Å². The molecule has 1 aromatic rings. The number of imidazole rings is 1. The van der Waals surface area contributed by atoms with Gasteiger partial charge in [-0.05, 0) is 5.53 Å². The normalized spacial score (nSPS) is 9.14. The summed E-state index contributed by atoms with van der Waals surface area (Å²) in [6.45, 7) is 0. The average molecular weight is 218 g/mol. The first-order valence-electron chi connectivity index (χ1n) is 3.03. The van der Waals surface area contributed by atoms with Crippen molar-refractivity contribution in [3.05, 3.63) is 29.2 Å². The molecule has 0 fully saturated rings. The van der Waals surface area contributed by atoms with Crippen LogP contribution in [0.15, 0.2) is 23.2 Å². The van der Waals surface area contributed by atoms with E-state index < -0.39 is 10.2 Å². The largest absolute Gasteiger partial charge is 0.372 e. The van der Waals surface area contributed by atoms with Crippen molar-refractivity contribution in [2.24, 2.45) is 10.3 Å². The minimum Gasteiger partial charge on any atom is -0.372 e. The Labute approximate surface area is 79.0 Å². The van der Waals surface area contributed by atoms with Crippen molar-refractivity contribution in [1.29, 1.82) is 0 Å². The molecule has 0 bridgehead atoms. The first-order valence-corrected chi connectivity index (χ1v) is 4.43. The van der Waals surface area contributed by atoms with Crippen LogP contribution in [0.3, 0.4) is 0 Å². The zero-order chi connectivity index (χ0) is 11.0. The lowest BCUT2D eigenvalue weighted by atomic mass is 11.0.